The van der Waals surface area contributed by atoms with E-state index in [1.54, 1.807) is 0 Å². The van der Waals surface area contributed by atoms with Crippen molar-refractivity contribution in [3.63, 3.8) is 0 Å². The minimum atomic E-state index is -4.98. The van der Waals surface area contributed by atoms with E-state index in [1.807, 2.05) is 0 Å². The molecular formula is C14H16N2O9S2. The summed E-state index contributed by atoms with van der Waals surface area (Å²) >= 11 is 0. The summed E-state index contributed by atoms with van der Waals surface area (Å²) in [4.78, 5) is 19.4. The highest BCUT2D eigenvalue weighted by Crippen LogP contribution is 2.31. The lowest BCUT2D eigenvalue weighted by Crippen LogP contribution is -2.57. The van der Waals surface area contributed by atoms with Gasteiger partial charge in [-0.2, -0.15) is 16.8 Å². The SMILES string of the molecule is NC1(S(=O)(=O)O)C=CC=CC1C(=O)OC(=O)C1C=CC=CC1(N)S(=O)(=O)O. The average Bonchev–Trinajstić information content (AvgIpc) is 2.53. The van der Waals surface area contributed by atoms with E-state index in [-0.39, 0.29) is 0 Å². The van der Waals surface area contributed by atoms with Gasteiger partial charge in [-0.15, -0.1) is 0 Å². The van der Waals surface area contributed by atoms with E-state index in [4.69, 9.17) is 11.5 Å². The number of hydrogen-bond donors (Lipinski definition) is 4. The van der Waals surface area contributed by atoms with Crippen molar-refractivity contribution < 1.29 is 40.3 Å². The second-order valence-corrected chi connectivity index (χ2v) is 9.16. The largest absolute Gasteiger partial charge is 0.392 e. The van der Waals surface area contributed by atoms with E-state index in [1.165, 1.54) is 12.2 Å². The highest BCUT2D eigenvalue weighted by molar-refractivity contribution is 7.87. The van der Waals surface area contributed by atoms with Crippen molar-refractivity contribution in [1.82, 2.24) is 0 Å². The molecule has 0 aliphatic heterocycles. The first-order chi connectivity index (χ1) is 12.2. The smallest absolute Gasteiger partial charge is 0.323 e. The zero-order valence-corrected chi connectivity index (χ0v) is 15.1. The molecule has 2 aliphatic carbocycles. The number of esters is 2. The van der Waals surface area contributed by atoms with Gasteiger partial charge in [0.05, 0.1) is 0 Å². The van der Waals surface area contributed by atoms with Gasteiger partial charge >= 0.3 is 11.9 Å². The van der Waals surface area contributed by atoms with Gasteiger partial charge in [0, 0.05) is 0 Å². The van der Waals surface area contributed by atoms with E-state index in [0.717, 1.165) is 36.5 Å². The van der Waals surface area contributed by atoms with Crippen LogP contribution in [0.2, 0.25) is 0 Å². The van der Waals surface area contributed by atoms with Gasteiger partial charge in [0.1, 0.15) is 11.8 Å². The first-order valence-corrected chi connectivity index (χ1v) is 10.1. The molecule has 2 aliphatic rings. The number of allylic oxidation sites excluding steroid dienone is 4. The zero-order chi connectivity index (χ0) is 20.7. The van der Waals surface area contributed by atoms with Gasteiger partial charge in [0.25, 0.3) is 20.2 Å². The summed E-state index contributed by atoms with van der Waals surface area (Å²) < 4.78 is 69.4. The minimum absolute atomic E-state index is 0.827. The number of carbonyl (C=O) groups is 2. The molecule has 6 N–H and O–H groups in total. The minimum Gasteiger partial charge on any atom is -0.392 e. The molecular weight excluding hydrogens is 404 g/mol. The third kappa shape index (κ3) is 3.65. The molecule has 0 fully saturated rings. The molecule has 0 aromatic carbocycles. The van der Waals surface area contributed by atoms with Gasteiger partial charge in [-0.3, -0.25) is 18.7 Å². The summed E-state index contributed by atoms with van der Waals surface area (Å²) in [5, 5.41) is 0. The summed E-state index contributed by atoms with van der Waals surface area (Å²) in [6.07, 6.45) is 8.43. The number of rotatable bonds is 4. The highest BCUT2D eigenvalue weighted by atomic mass is 32.2. The van der Waals surface area contributed by atoms with Crippen LogP contribution in [0.15, 0.2) is 48.6 Å². The van der Waals surface area contributed by atoms with Crippen molar-refractivity contribution in [2.45, 2.75) is 9.74 Å². The predicted octanol–water partition coefficient (Wildman–Crippen LogP) is -1.37. The summed E-state index contributed by atoms with van der Waals surface area (Å²) in [6, 6.07) is 0. The van der Waals surface area contributed by atoms with E-state index in [9.17, 15) is 35.5 Å². The Balaban J connectivity index is 2.31. The fourth-order valence-electron chi connectivity index (χ4n) is 2.52. The van der Waals surface area contributed by atoms with Gasteiger partial charge in [-0.25, -0.2) is 0 Å². The highest BCUT2D eigenvalue weighted by Gasteiger charge is 2.52. The maximum absolute atomic E-state index is 12.3. The molecule has 11 nitrogen and oxygen atoms in total. The van der Waals surface area contributed by atoms with Gasteiger partial charge in [-0.05, 0) is 12.2 Å². The molecule has 0 aromatic rings. The first-order valence-electron chi connectivity index (χ1n) is 7.23. The van der Waals surface area contributed by atoms with Crippen LogP contribution in [0.3, 0.4) is 0 Å². The Morgan fingerprint density at radius 2 is 1.11 bits per heavy atom. The van der Waals surface area contributed by atoms with Gasteiger partial charge < -0.3 is 16.2 Å². The predicted molar refractivity (Wildman–Crippen MR) is 91.6 cm³/mol. The summed E-state index contributed by atoms with van der Waals surface area (Å²) in [5.74, 6) is -6.55. The molecule has 0 saturated carbocycles. The summed E-state index contributed by atoms with van der Waals surface area (Å²) in [6.45, 7) is 0. The molecule has 0 radical (unpaired) electrons. The van der Waals surface area contributed by atoms with Crippen molar-refractivity contribution in [3.05, 3.63) is 48.6 Å². The number of nitrogens with two attached hydrogens (primary N) is 2. The number of ether oxygens (including phenoxy) is 1. The van der Waals surface area contributed by atoms with Crippen molar-refractivity contribution in [2.24, 2.45) is 23.3 Å². The Morgan fingerprint density at radius 1 is 0.778 bits per heavy atom. The van der Waals surface area contributed by atoms with E-state index < -0.39 is 53.8 Å². The molecule has 4 unspecified atom stereocenters. The van der Waals surface area contributed by atoms with Crippen LogP contribution in [0.5, 0.6) is 0 Å². The second kappa shape index (κ2) is 6.78. The molecule has 0 heterocycles. The monoisotopic (exact) mass is 420 g/mol. The summed E-state index contributed by atoms with van der Waals surface area (Å²) in [7, 11) is -9.97. The Labute approximate surface area is 154 Å². The lowest BCUT2D eigenvalue weighted by Gasteiger charge is -2.32. The Morgan fingerprint density at radius 3 is 1.41 bits per heavy atom. The third-order valence-corrected chi connectivity index (χ3v) is 6.68. The number of carbonyl (C=O) groups excluding carboxylic acids is 2. The van der Waals surface area contributed by atoms with Gasteiger partial charge in [-0.1, -0.05) is 36.5 Å². The molecule has 4 atom stereocenters. The molecule has 2 rings (SSSR count). The maximum Gasteiger partial charge on any atom is 0.323 e. The molecule has 0 bridgehead atoms. The van der Waals surface area contributed by atoms with E-state index in [0.29, 0.717) is 0 Å². The average molecular weight is 420 g/mol. The molecule has 13 heteroatoms. The fraction of sp³-hybridized carbons (Fsp3) is 0.286. The van der Waals surface area contributed by atoms with Crippen molar-refractivity contribution >= 4 is 32.2 Å². The van der Waals surface area contributed by atoms with Gasteiger partial charge in [0.15, 0.2) is 9.74 Å². The van der Waals surface area contributed by atoms with Crippen LogP contribution in [-0.4, -0.2) is 47.6 Å². The third-order valence-electron chi connectivity index (χ3n) is 4.12. The van der Waals surface area contributed by atoms with E-state index in [2.05, 4.69) is 4.74 Å². The zero-order valence-electron chi connectivity index (χ0n) is 13.5. The normalized spacial score (nSPS) is 33.0. The lowest BCUT2D eigenvalue weighted by atomic mass is 9.94. The van der Waals surface area contributed by atoms with Crippen molar-refractivity contribution in [2.75, 3.05) is 0 Å². The molecule has 0 saturated heterocycles. The molecule has 0 aromatic heterocycles. The fourth-order valence-corrected chi connectivity index (χ4v) is 4.01. The van der Waals surface area contributed by atoms with Crippen LogP contribution in [0.1, 0.15) is 0 Å². The van der Waals surface area contributed by atoms with Crippen LogP contribution >= 0.6 is 0 Å². The van der Waals surface area contributed by atoms with Crippen LogP contribution < -0.4 is 11.5 Å². The van der Waals surface area contributed by atoms with Crippen LogP contribution in [-0.2, 0) is 34.6 Å². The quantitative estimate of drug-likeness (QED) is 0.237. The Kier molecular flexibility index (Phi) is 5.31. The molecule has 0 amide bonds. The Hall–Kier alpha value is -2.16. The summed E-state index contributed by atoms with van der Waals surface area (Å²) in [5.41, 5.74) is 11.2. The first kappa shape index (κ1) is 21.1. The maximum atomic E-state index is 12.3. The van der Waals surface area contributed by atoms with Crippen LogP contribution in [0.25, 0.3) is 0 Å². The number of hydrogen-bond acceptors (Lipinski definition) is 9. The topological polar surface area (TPSA) is 204 Å². The molecule has 27 heavy (non-hydrogen) atoms. The Bertz CT molecular complexity index is 914. The molecule has 0 spiro atoms. The van der Waals surface area contributed by atoms with Crippen molar-refractivity contribution in [1.29, 1.82) is 0 Å². The lowest BCUT2D eigenvalue weighted by molar-refractivity contribution is -0.164. The standard InChI is InChI=1S/C14H16N2O9S2/c15-13(26(19,20)21)7-3-1-5-9(13)11(17)25-12(18)10-6-2-4-8-14(10,16)27(22,23)24/h1-10H,15-16H2,(H,19,20,21)(H,22,23,24). The van der Waals surface area contributed by atoms with Crippen molar-refractivity contribution in [3.8, 4) is 0 Å². The van der Waals surface area contributed by atoms with E-state index >= 15 is 0 Å². The van der Waals surface area contributed by atoms with Gasteiger partial charge in [0.2, 0.25) is 0 Å². The molecule has 148 valence electrons. The second-order valence-electron chi connectivity index (χ2n) is 5.84. The van der Waals surface area contributed by atoms with Crippen LogP contribution in [0, 0.1) is 11.8 Å². The van der Waals surface area contributed by atoms with Crippen LogP contribution in [0.4, 0.5) is 0 Å².